The van der Waals surface area contributed by atoms with Gasteiger partial charge in [0.2, 0.25) is 0 Å². The molecule has 0 atom stereocenters. The fraction of sp³-hybridized carbons (Fsp3) is 0.467. The maximum absolute atomic E-state index is 11.7. The second-order valence-electron chi connectivity index (χ2n) is 4.69. The zero-order valence-electron chi connectivity index (χ0n) is 12.5. The van der Waals surface area contributed by atoms with Crippen molar-refractivity contribution in [3.63, 3.8) is 0 Å². The smallest absolute Gasteiger partial charge is 0.313 e. The van der Waals surface area contributed by atoms with Gasteiger partial charge in [0.15, 0.2) is 0 Å². The standard InChI is InChI=1S/C15H20Cl2N2O3/c1-2-3-6-22-7-4-5-18-14(20)15(21)19-13-9-11(16)8-12(17)10-13/h8-10H,2-7H2,1H3,(H,18,20)(H,19,21). The lowest BCUT2D eigenvalue weighted by atomic mass is 10.3. The van der Waals surface area contributed by atoms with Crippen molar-refractivity contribution in [3.8, 4) is 0 Å². The molecule has 0 heterocycles. The summed E-state index contributed by atoms with van der Waals surface area (Å²) in [6.07, 6.45) is 2.77. The van der Waals surface area contributed by atoms with Crippen molar-refractivity contribution >= 4 is 40.7 Å². The molecule has 7 heteroatoms. The third kappa shape index (κ3) is 7.64. The molecule has 0 aromatic heterocycles. The van der Waals surface area contributed by atoms with Gasteiger partial charge < -0.3 is 15.4 Å². The maximum Gasteiger partial charge on any atom is 0.313 e. The summed E-state index contributed by atoms with van der Waals surface area (Å²) < 4.78 is 5.36. The number of hydrogen-bond acceptors (Lipinski definition) is 3. The average Bonchev–Trinajstić information content (AvgIpc) is 2.45. The molecule has 2 amide bonds. The molecule has 0 saturated carbocycles. The Morgan fingerprint density at radius 2 is 1.68 bits per heavy atom. The Bertz CT molecular complexity index is 489. The topological polar surface area (TPSA) is 67.4 Å². The first-order valence-corrected chi connectivity index (χ1v) is 7.91. The van der Waals surface area contributed by atoms with Gasteiger partial charge >= 0.3 is 11.8 Å². The molecule has 0 radical (unpaired) electrons. The van der Waals surface area contributed by atoms with E-state index in [0.717, 1.165) is 19.4 Å². The number of nitrogens with one attached hydrogen (secondary N) is 2. The minimum absolute atomic E-state index is 0.376. The van der Waals surface area contributed by atoms with E-state index < -0.39 is 11.8 Å². The van der Waals surface area contributed by atoms with Gasteiger partial charge in [0.05, 0.1) is 0 Å². The van der Waals surface area contributed by atoms with E-state index in [2.05, 4.69) is 17.6 Å². The van der Waals surface area contributed by atoms with Crippen molar-refractivity contribution in [1.29, 1.82) is 0 Å². The third-order valence-electron chi connectivity index (χ3n) is 2.72. The van der Waals surface area contributed by atoms with Crippen LogP contribution in [0, 0.1) is 0 Å². The molecule has 5 nitrogen and oxygen atoms in total. The van der Waals surface area contributed by atoms with E-state index in [1.54, 1.807) is 0 Å². The highest BCUT2D eigenvalue weighted by Crippen LogP contribution is 2.22. The van der Waals surface area contributed by atoms with Crippen molar-refractivity contribution in [1.82, 2.24) is 5.32 Å². The lowest BCUT2D eigenvalue weighted by molar-refractivity contribution is -0.136. The SMILES string of the molecule is CCCCOCCCNC(=O)C(=O)Nc1cc(Cl)cc(Cl)c1. The minimum Gasteiger partial charge on any atom is -0.381 e. The highest BCUT2D eigenvalue weighted by Gasteiger charge is 2.13. The van der Waals surface area contributed by atoms with Crippen LogP contribution in [0.15, 0.2) is 18.2 Å². The molecule has 0 aliphatic heterocycles. The summed E-state index contributed by atoms with van der Waals surface area (Å²) in [6, 6.07) is 4.57. The van der Waals surface area contributed by atoms with Crippen LogP contribution in [0.1, 0.15) is 26.2 Å². The molecule has 0 spiro atoms. The van der Waals surface area contributed by atoms with Crippen LogP contribution in [-0.4, -0.2) is 31.6 Å². The molecule has 2 N–H and O–H groups in total. The highest BCUT2D eigenvalue weighted by molar-refractivity contribution is 6.40. The van der Waals surface area contributed by atoms with Gasteiger partial charge in [-0.15, -0.1) is 0 Å². The zero-order chi connectivity index (χ0) is 16.4. The number of carbonyl (C=O) groups excluding carboxylic acids is 2. The quantitative estimate of drug-likeness (QED) is 0.560. The first-order chi connectivity index (χ1) is 10.5. The molecule has 0 fully saturated rings. The van der Waals surface area contributed by atoms with Crippen LogP contribution in [0.4, 0.5) is 5.69 Å². The van der Waals surface area contributed by atoms with E-state index in [9.17, 15) is 9.59 Å². The molecule has 1 aromatic rings. The van der Waals surface area contributed by atoms with Crippen molar-refractivity contribution in [2.75, 3.05) is 25.1 Å². The van der Waals surface area contributed by atoms with Gasteiger partial charge in [0.1, 0.15) is 0 Å². The number of ether oxygens (including phenoxy) is 1. The molecule has 1 rings (SSSR count). The Labute approximate surface area is 140 Å². The van der Waals surface area contributed by atoms with E-state index in [4.69, 9.17) is 27.9 Å². The van der Waals surface area contributed by atoms with Crippen LogP contribution in [0.2, 0.25) is 10.0 Å². The average molecular weight is 347 g/mol. The van der Waals surface area contributed by atoms with E-state index in [-0.39, 0.29) is 0 Å². The second-order valence-corrected chi connectivity index (χ2v) is 5.56. The summed E-state index contributed by atoms with van der Waals surface area (Å²) in [5.74, 6) is -1.46. The number of carbonyl (C=O) groups is 2. The number of anilines is 1. The normalized spacial score (nSPS) is 10.3. The fourth-order valence-corrected chi connectivity index (χ4v) is 2.14. The first-order valence-electron chi connectivity index (χ1n) is 7.16. The van der Waals surface area contributed by atoms with E-state index in [0.29, 0.717) is 35.3 Å². The highest BCUT2D eigenvalue weighted by atomic mass is 35.5. The van der Waals surface area contributed by atoms with E-state index >= 15 is 0 Å². The number of halogens is 2. The van der Waals surface area contributed by atoms with Gasteiger partial charge in [-0.05, 0) is 31.0 Å². The van der Waals surface area contributed by atoms with Gasteiger partial charge in [-0.2, -0.15) is 0 Å². The maximum atomic E-state index is 11.7. The van der Waals surface area contributed by atoms with Crippen LogP contribution in [0.25, 0.3) is 0 Å². The number of hydrogen-bond donors (Lipinski definition) is 2. The summed E-state index contributed by atoms with van der Waals surface area (Å²) in [6.45, 7) is 3.76. The zero-order valence-corrected chi connectivity index (χ0v) is 14.0. The minimum atomic E-state index is -0.759. The molecule has 0 saturated heterocycles. The van der Waals surface area contributed by atoms with Crippen molar-refractivity contribution < 1.29 is 14.3 Å². The number of unbranched alkanes of at least 4 members (excludes halogenated alkanes) is 1. The number of benzene rings is 1. The third-order valence-corrected chi connectivity index (χ3v) is 3.16. The molecular formula is C15H20Cl2N2O3. The lowest BCUT2D eigenvalue weighted by Gasteiger charge is -2.07. The summed E-state index contributed by atoms with van der Waals surface area (Å²) in [7, 11) is 0. The van der Waals surface area contributed by atoms with E-state index in [1.165, 1.54) is 18.2 Å². The van der Waals surface area contributed by atoms with Crippen LogP contribution in [0.5, 0.6) is 0 Å². The van der Waals surface area contributed by atoms with Gasteiger partial charge in [-0.3, -0.25) is 9.59 Å². The van der Waals surface area contributed by atoms with Gasteiger partial charge in [0.25, 0.3) is 0 Å². The van der Waals surface area contributed by atoms with Gasteiger partial charge in [-0.1, -0.05) is 36.5 Å². The first kappa shape index (κ1) is 18.7. The van der Waals surface area contributed by atoms with Gasteiger partial charge in [0, 0.05) is 35.5 Å². The Kier molecular flexibility index (Phi) is 8.89. The molecule has 0 aliphatic rings. The molecule has 22 heavy (non-hydrogen) atoms. The van der Waals surface area contributed by atoms with Crippen LogP contribution in [0.3, 0.4) is 0 Å². The molecule has 0 aliphatic carbocycles. The van der Waals surface area contributed by atoms with Crippen molar-refractivity contribution in [2.24, 2.45) is 0 Å². The van der Waals surface area contributed by atoms with Crippen LogP contribution >= 0.6 is 23.2 Å². The summed E-state index contributed by atoms with van der Waals surface area (Å²) in [5, 5.41) is 5.73. The Hall–Kier alpha value is -1.30. The van der Waals surface area contributed by atoms with Crippen molar-refractivity contribution in [2.45, 2.75) is 26.2 Å². The second kappa shape index (κ2) is 10.4. The Morgan fingerprint density at radius 3 is 2.32 bits per heavy atom. The number of amides is 2. The lowest BCUT2D eigenvalue weighted by Crippen LogP contribution is -2.36. The molecule has 1 aromatic carbocycles. The molecular weight excluding hydrogens is 327 g/mol. The fourth-order valence-electron chi connectivity index (χ4n) is 1.62. The van der Waals surface area contributed by atoms with Crippen LogP contribution in [-0.2, 0) is 14.3 Å². The summed E-state index contributed by atoms with van der Waals surface area (Å²) in [4.78, 5) is 23.3. The predicted molar refractivity (Wildman–Crippen MR) is 88.4 cm³/mol. The predicted octanol–water partition coefficient (Wildman–Crippen LogP) is 3.25. The van der Waals surface area contributed by atoms with Crippen molar-refractivity contribution in [3.05, 3.63) is 28.2 Å². The summed E-state index contributed by atoms with van der Waals surface area (Å²) >= 11 is 11.6. The molecule has 0 unspecified atom stereocenters. The van der Waals surface area contributed by atoms with Crippen LogP contribution < -0.4 is 10.6 Å². The van der Waals surface area contributed by atoms with E-state index in [1.807, 2.05) is 0 Å². The summed E-state index contributed by atoms with van der Waals surface area (Å²) in [5.41, 5.74) is 0.376. The molecule has 0 bridgehead atoms. The Morgan fingerprint density at radius 1 is 1.05 bits per heavy atom. The Balaban J connectivity index is 2.26. The number of rotatable bonds is 8. The largest absolute Gasteiger partial charge is 0.381 e. The van der Waals surface area contributed by atoms with Gasteiger partial charge in [-0.25, -0.2) is 0 Å². The monoisotopic (exact) mass is 346 g/mol. The molecule has 122 valence electrons.